The fourth-order valence-electron chi connectivity index (χ4n) is 3.20. The maximum absolute atomic E-state index is 12.4. The topological polar surface area (TPSA) is 103 Å². The molecule has 3 N–H and O–H groups in total. The van der Waals surface area contributed by atoms with Gasteiger partial charge < -0.3 is 9.84 Å². The highest BCUT2D eigenvalue weighted by Crippen LogP contribution is 2.22. The van der Waals surface area contributed by atoms with Crippen LogP contribution in [0.4, 0.5) is 0 Å². The molecule has 0 radical (unpaired) electrons. The standard InChI is InChI=1S/C25H23N5O3S/c1-17-7-11-20(12-8-17)30-24(18-9-13-21(33-2)14-10-18)28-29-25(30)34-16-23(32)27-26-15-19-5-3-4-6-22(19)31/h3-15H,16H2,1-2H3,(H2,26,27,31,32)/p+1. The Hall–Kier alpha value is -4.11. The predicted molar refractivity (Wildman–Crippen MR) is 131 cm³/mol. The summed E-state index contributed by atoms with van der Waals surface area (Å²) in [6, 6.07) is 22.5. The van der Waals surface area contributed by atoms with E-state index in [4.69, 9.17) is 4.74 Å². The fraction of sp³-hybridized carbons (Fsp3) is 0.120. The summed E-state index contributed by atoms with van der Waals surface area (Å²) >= 11 is 1.29. The molecule has 0 aliphatic carbocycles. The van der Waals surface area contributed by atoms with Crippen LogP contribution in [0.2, 0.25) is 0 Å². The van der Waals surface area contributed by atoms with Gasteiger partial charge in [0.1, 0.15) is 17.2 Å². The Labute approximate surface area is 201 Å². The summed E-state index contributed by atoms with van der Waals surface area (Å²) < 4.78 is 7.24. The molecule has 1 aromatic heterocycles. The molecule has 0 aliphatic rings. The molecule has 0 spiro atoms. The Morgan fingerprint density at radius 1 is 1.15 bits per heavy atom. The molecule has 34 heavy (non-hydrogen) atoms. The van der Waals surface area contributed by atoms with Crippen LogP contribution in [0.1, 0.15) is 11.1 Å². The number of carbonyl (C=O) groups is 1. The number of phenols is 1. The lowest BCUT2D eigenvalue weighted by molar-refractivity contribution is -0.625. The minimum Gasteiger partial charge on any atom is -0.507 e. The summed E-state index contributed by atoms with van der Waals surface area (Å²) in [4.78, 5) is 12.4. The normalized spacial score (nSPS) is 11.0. The van der Waals surface area contributed by atoms with Gasteiger partial charge in [-0.1, -0.05) is 29.8 Å². The number of amides is 1. The second-order valence-corrected chi connectivity index (χ2v) is 8.34. The summed E-state index contributed by atoms with van der Waals surface area (Å²) in [6.45, 7) is 2.03. The fourth-order valence-corrected chi connectivity index (χ4v) is 3.96. The number of hydrogen-bond donors (Lipinski definition) is 3. The molecule has 0 atom stereocenters. The first kappa shape index (κ1) is 23.1. The number of carbonyl (C=O) groups excluding carboxylic acids is 1. The number of rotatable bonds is 8. The van der Waals surface area contributed by atoms with Gasteiger partial charge in [0.25, 0.3) is 11.7 Å². The molecule has 1 heterocycles. The first-order valence-corrected chi connectivity index (χ1v) is 11.5. The van der Waals surface area contributed by atoms with Crippen molar-refractivity contribution in [3.05, 3.63) is 83.9 Å². The number of para-hydroxylation sites is 1. The lowest BCUT2D eigenvalue weighted by Gasteiger charge is -2.05. The first-order valence-electron chi connectivity index (χ1n) is 10.5. The Kier molecular flexibility index (Phi) is 7.24. The molecule has 8 nitrogen and oxygen atoms in total. The van der Waals surface area contributed by atoms with Crippen LogP contribution in [0, 0.1) is 6.92 Å². The number of aromatic hydroxyl groups is 1. The van der Waals surface area contributed by atoms with E-state index in [2.05, 4.69) is 20.7 Å². The van der Waals surface area contributed by atoms with Gasteiger partial charge in [-0.05, 0) is 67.2 Å². The largest absolute Gasteiger partial charge is 0.507 e. The number of aromatic amines is 1. The molecule has 0 bridgehead atoms. The molecule has 0 saturated heterocycles. The zero-order valence-electron chi connectivity index (χ0n) is 18.7. The van der Waals surface area contributed by atoms with Crippen molar-refractivity contribution < 1.29 is 19.2 Å². The average Bonchev–Trinajstić information content (AvgIpc) is 3.28. The second-order valence-electron chi connectivity index (χ2n) is 7.39. The molecule has 0 fully saturated rings. The highest BCUT2D eigenvalue weighted by Gasteiger charge is 2.24. The number of methoxy groups -OCH3 is 1. The van der Waals surface area contributed by atoms with Crippen LogP contribution < -0.4 is 14.7 Å². The van der Waals surface area contributed by atoms with Crippen LogP contribution in [0.25, 0.3) is 17.1 Å². The summed E-state index contributed by atoms with van der Waals surface area (Å²) in [5.74, 6) is 1.46. The van der Waals surface area contributed by atoms with Crippen molar-refractivity contribution >= 4 is 23.9 Å². The quantitative estimate of drug-likeness (QED) is 0.157. The third-order valence-corrected chi connectivity index (χ3v) is 5.93. The molecule has 1 amide bonds. The van der Waals surface area contributed by atoms with Gasteiger partial charge in [0.05, 0.1) is 29.7 Å². The van der Waals surface area contributed by atoms with Crippen molar-refractivity contribution in [3.63, 3.8) is 0 Å². The molecule has 172 valence electrons. The van der Waals surface area contributed by atoms with E-state index in [0.29, 0.717) is 10.7 Å². The summed E-state index contributed by atoms with van der Waals surface area (Å²) in [7, 11) is 1.63. The van der Waals surface area contributed by atoms with E-state index < -0.39 is 0 Å². The van der Waals surface area contributed by atoms with Crippen molar-refractivity contribution in [3.8, 4) is 28.6 Å². The van der Waals surface area contributed by atoms with Crippen molar-refractivity contribution in [2.75, 3.05) is 12.9 Å². The van der Waals surface area contributed by atoms with Gasteiger partial charge in [-0.25, -0.2) is 5.43 Å². The van der Waals surface area contributed by atoms with Crippen LogP contribution in [0.5, 0.6) is 11.5 Å². The second kappa shape index (κ2) is 10.7. The van der Waals surface area contributed by atoms with Crippen LogP contribution in [0.3, 0.4) is 0 Å². The van der Waals surface area contributed by atoms with Crippen LogP contribution in [0.15, 0.2) is 83.1 Å². The monoisotopic (exact) mass is 474 g/mol. The van der Waals surface area contributed by atoms with Gasteiger partial charge in [0.15, 0.2) is 0 Å². The Morgan fingerprint density at radius 2 is 1.88 bits per heavy atom. The number of H-pyrrole nitrogens is 1. The number of nitrogens with one attached hydrogen (secondary N) is 2. The number of benzene rings is 3. The zero-order chi connectivity index (χ0) is 23.9. The van der Waals surface area contributed by atoms with Gasteiger partial charge >= 0.3 is 5.16 Å². The average molecular weight is 475 g/mol. The lowest BCUT2D eigenvalue weighted by atomic mass is 10.2. The van der Waals surface area contributed by atoms with Crippen molar-refractivity contribution in [1.29, 1.82) is 0 Å². The summed E-state index contributed by atoms with van der Waals surface area (Å²) in [5.41, 5.74) is 6.00. The number of nitrogens with zero attached hydrogens (tertiary/aromatic N) is 3. The van der Waals surface area contributed by atoms with E-state index in [0.717, 1.165) is 28.4 Å². The third kappa shape index (κ3) is 5.44. The molecule has 0 saturated carbocycles. The van der Waals surface area contributed by atoms with E-state index in [1.807, 2.05) is 60.0 Å². The SMILES string of the molecule is COc1ccc(-c2[nH]nc(SCC(=O)NN=Cc3ccccc3O)[n+]2-c2ccc(C)cc2)cc1. The molecular weight excluding hydrogens is 450 g/mol. The van der Waals surface area contributed by atoms with Gasteiger partial charge in [-0.2, -0.15) is 9.67 Å². The van der Waals surface area contributed by atoms with Gasteiger partial charge in [-0.15, -0.1) is 5.10 Å². The van der Waals surface area contributed by atoms with Crippen LogP contribution in [-0.2, 0) is 4.79 Å². The van der Waals surface area contributed by atoms with E-state index in [1.54, 1.807) is 31.4 Å². The maximum atomic E-state index is 12.4. The molecule has 3 aromatic carbocycles. The highest BCUT2D eigenvalue weighted by molar-refractivity contribution is 7.99. The Morgan fingerprint density at radius 3 is 2.59 bits per heavy atom. The minimum absolute atomic E-state index is 0.0941. The van der Waals surface area contributed by atoms with E-state index in [-0.39, 0.29) is 17.4 Å². The van der Waals surface area contributed by atoms with Crippen molar-refractivity contribution in [2.24, 2.45) is 5.10 Å². The van der Waals surface area contributed by atoms with E-state index >= 15 is 0 Å². The number of phenolic OH excluding ortho intramolecular Hbond substituents is 1. The lowest BCUT2D eigenvalue weighted by Crippen LogP contribution is -2.34. The first-order chi connectivity index (χ1) is 16.5. The molecule has 4 rings (SSSR count). The van der Waals surface area contributed by atoms with E-state index in [1.165, 1.54) is 18.0 Å². The number of aromatic nitrogens is 3. The number of aryl methyl sites for hydroxylation is 1. The number of hydrogen-bond acceptors (Lipinski definition) is 6. The number of thioether (sulfide) groups is 1. The zero-order valence-corrected chi connectivity index (χ0v) is 19.5. The van der Waals surface area contributed by atoms with Crippen LogP contribution >= 0.6 is 11.8 Å². The number of ether oxygens (including phenoxy) is 1. The Bertz CT molecular complexity index is 1300. The number of hydrazone groups is 1. The molecular formula is C25H24N5O3S+. The summed E-state index contributed by atoms with van der Waals surface area (Å²) in [6.07, 6.45) is 1.40. The maximum Gasteiger partial charge on any atom is 0.342 e. The van der Waals surface area contributed by atoms with E-state index in [9.17, 15) is 9.90 Å². The molecule has 9 heteroatoms. The third-order valence-electron chi connectivity index (χ3n) is 4.99. The highest BCUT2D eigenvalue weighted by atomic mass is 32.2. The predicted octanol–water partition coefficient (Wildman–Crippen LogP) is 3.62. The summed E-state index contributed by atoms with van der Waals surface area (Å²) in [5, 5.41) is 21.9. The molecule has 0 unspecified atom stereocenters. The minimum atomic E-state index is -0.291. The Balaban J connectivity index is 1.53. The smallest absolute Gasteiger partial charge is 0.342 e. The van der Waals surface area contributed by atoms with Crippen LogP contribution in [-0.4, -0.2) is 40.3 Å². The molecule has 4 aromatic rings. The molecule has 0 aliphatic heterocycles. The van der Waals surface area contributed by atoms with Crippen molar-refractivity contribution in [2.45, 2.75) is 12.1 Å². The van der Waals surface area contributed by atoms with Gasteiger partial charge in [0.2, 0.25) is 0 Å². The van der Waals surface area contributed by atoms with Gasteiger partial charge in [-0.3, -0.25) is 4.79 Å². The van der Waals surface area contributed by atoms with Gasteiger partial charge in [0, 0.05) is 5.56 Å². The van der Waals surface area contributed by atoms with Crippen molar-refractivity contribution in [1.82, 2.24) is 15.6 Å².